The van der Waals surface area contributed by atoms with E-state index in [0.717, 1.165) is 50.9 Å². The van der Waals surface area contributed by atoms with Gasteiger partial charge in [0, 0.05) is 78.1 Å². The zero-order valence-corrected chi connectivity index (χ0v) is 63.3. The van der Waals surface area contributed by atoms with Gasteiger partial charge in [-0.05, 0) is 221 Å². The first kappa shape index (κ1) is 68.5. The van der Waals surface area contributed by atoms with Crippen LogP contribution < -0.4 is 9.80 Å². The monoisotopic (exact) mass is 1430 g/mol. The van der Waals surface area contributed by atoms with Crippen LogP contribution in [0.1, 0.15) is 61.1 Å². The summed E-state index contributed by atoms with van der Waals surface area (Å²) in [5.74, 6) is 0. The summed E-state index contributed by atoms with van der Waals surface area (Å²) in [6, 6.07) is 141. The van der Waals surface area contributed by atoms with Crippen LogP contribution in [0.4, 0.5) is 34.1 Å². The Morgan fingerprint density at radius 3 is 1.12 bits per heavy atom. The van der Waals surface area contributed by atoms with E-state index < -0.39 is 0 Å². The van der Waals surface area contributed by atoms with Crippen molar-refractivity contribution in [3.63, 3.8) is 0 Å². The Labute approximate surface area is 656 Å². The van der Waals surface area contributed by atoms with Crippen LogP contribution in [0.2, 0.25) is 0 Å². The Balaban J connectivity index is 0.000000151. The second kappa shape index (κ2) is 28.2. The lowest BCUT2D eigenvalue weighted by Gasteiger charge is -2.28. The fourth-order valence-electron chi connectivity index (χ4n) is 17.6. The molecule has 4 nitrogen and oxygen atoms in total. The van der Waals surface area contributed by atoms with Crippen LogP contribution >= 0.6 is 0 Å². The summed E-state index contributed by atoms with van der Waals surface area (Å²) in [5.41, 5.74) is 37.2. The van der Waals surface area contributed by atoms with Crippen LogP contribution in [0.5, 0.6) is 0 Å². The molecule has 16 aromatic carbocycles. The lowest BCUT2D eigenvalue weighted by molar-refractivity contribution is 0.660. The van der Waals surface area contributed by atoms with Gasteiger partial charge in [0.2, 0.25) is 0 Å². The van der Waals surface area contributed by atoms with Gasteiger partial charge < -0.3 is 18.9 Å². The van der Waals surface area contributed by atoms with Gasteiger partial charge in [-0.2, -0.15) is 0 Å². The zero-order valence-electron chi connectivity index (χ0n) is 63.3. The first-order valence-corrected chi connectivity index (χ1v) is 38.8. The van der Waals surface area contributed by atoms with Crippen molar-refractivity contribution in [1.82, 2.24) is 9.13 Å². The van der Waals surface area contributed by atoms with Gasteiger partial charge in [-0.1, -0.05) is 320 Å². The van der Waals surface area contributed by atoms with Crippen molar-refractivity contribution in [2.45, 2.75) is 38.5 Å². The molecule has 0 saturated heterocycles. The fraction of sp³-hybridized carbons (Fsp3) is 0.0556. The summed E-state index contributed by atoms with van der Waals surface area (Å²) in [6.07, 6.45) is 3.84. The number of aromatic nitrogens is 2. The molecule has 0 unspecified atom stereocenters. The normalized spacial score (nSPS) is 12.7. The van der Waals surface area contributed by atoms with E-state index in [1.54, 1.807) is 0 Å². The first-order valence-electron chi connectivity index (χ1n) is 38.8. The van der Waals surface area contributed by atoms with Gasteiger partial charge in [0.25, 0.3) is 0 Å². The molecule has 2 aliphatic carbocycles. The van der Waals surface area contributed by atoms with Crippen LogP contribution in [0.15, 0.2) is 401 Å². The Morgan fingerprint density at radius 1 is 0.241 bits per heavy atom. The highest BCUT2D eigenvalue weighted by Gasteiger charge is 2.38. The average Bonchev–Trinajstić information content (AvgIpc) is 1.58. The van der Waals surface area contributed by atoms with E-state index in [1.807, 2.05) is 12.2 Å². The van der Waals surface area contributed by atoms with Crippen LogP contribution in [0.25, 0.3) is 134 Å². The molecule has 112 heavy (non-hydrogen) atoms. The standard InChI is InChI=1S/C55H42N2.C53H40N2/c1-4-38-23-29-45(30-24-38)57-52-22-14-12-20-49(52)53(54(57)42-17-9-6-10-18-42)41-27-33-44(34-28-41)56(43-31-25-40(26-32-43)39-15-7-5-8-16-39)46-35-36-48-47-19-11-13-21-50(47)55(2,3)51(48)37-46;1-4-36-19-30-45-46-31-29-44(35-50(46)53(2,3)49(45)33-36)54(42-25-20-38(21-26-42)37-13-7-5-8-14-37)43-27-22-39(23-28-43)40-24-32-52-48(34-40)47-17-11-12-18-51(47)55(52)41-15-9-6-10-16-41/h4-37H,1H2,2-3H3;4-35H,1H2,2-3H3. The molecular formula is C108H82N4. The molecule has 0 aliphatic heterocycles. The molecule has 0 spiro atoms. The van der Waals surface area contributed by atoms with Crippen LogP contribution in [0.3, 0.4) is 0 Å². The molecule has 2 aliphatic rings. The van der Waals surface area contributed by atoms with Gasteiger partial charge in [-0.15, -0.1) is 0 Å². The molecule has 0 fully saturated rings. The second-order valence-electron chi connectivity index (χ2n) is 30.5. The molecule has 0 bridgehead atoms. The second-order valence-corrected chi connectivity index (χ2v) is 30.5. The van der Waals surface area contributed by atoms with Gasteiger partial charge in [0.05, 0.1) is 22.2 Å². The van der Waals surface area contributed by atoms with Crippen LogP contribution in [-0.4, -0.2) is 9.13 Å². The summed E-state index contributed by atoms with van der Waals surface area (Å²) in [6.45, 7) is 17.4. The lowest BCUT2D eigenvalue weighted by atomic mass is 9.81. The summed E-state index contributed by atoms with van der Waals surface area (Å²) >= 11 is 0. The quantitative estimate of drug-likeness (QED) is 0.102. The topological polar surface area (TPSA) is 16.3 Å². The molecular weight excluding hydrogens is 1350 g/mol. The van der Waals surface area contributed by atoms with Crippen molar-refractivity contribution < 1.29 is 0 Å². The maximum Gasteiger partial charge on any atom is 0.0619 e. The third-order valence-electron chi connectivity index (χ3n) is 23.3. The summed E-state index contributed by atoms with van der Waals surface area (Å²) in [7, 11) is 0. The van der Waals surface area contributed by atoms with Crippen molar-refractivity contribution in [1.29, 1.82) is 0 Å². The van der Waals surface area contributed by atoms with E-state index in [9.17, 15) is 0 Å². The summed E-state index contributed by atoms with van der Waals surface area (Å²) < 4.78 is 4.78. The van der Waals surface area contributed by atoms with Gasteiger partial charge >= 0.3 is 0 Å². The van der Waals surface area contributed by atoms with Gasteiger partial charge in [0.1, 0.15) is 0 Å². The lowest BCUT2D eigenvalue weighted by Crippen LogP contribution is -2.16. The third kappa shape index (κ3) is 12.0. The highest BCUT2D eigenvalue weighted by molar-refractivity contribution is 6.11. The molecule has 2 heterocycles. The van der Waals surface area contributed by atoms with Crippen LogP contribution in [0, 0.1) is 0 Å². The van der Waals surface area contributed by atoms with Crippen molar-refractivity contribution in [2.75, 3.05) is 9.80 Å². The number of benzene rings is 16. The molecule has 0 atom stereocenters. The number of fused-ring (bicyclic) bond motifs is 10. The van der Waals surface area contributed by atoms with Crippen molar-refractivity contribution in [3.05, 3.63) is 435 Å². The third-order valence-corrected chi connectivity index (χ3v) is 23.3. The Bertz CT molecular complexity index is 6590. The molecule has 18 aromatic rings. The molecule has 20 rings (SSSR count). The molecule has 0 N–H and O–H groups in total. The van der Waals surface area contributed by atoms with Gasteiger partial charge in [0.15, 0.2) is 0 Å². The first-order chi connectivity index (χ1) is 55.0. The summed E-state index contributed by atoms with van der Waals surface area (Å²) in [4.78, 5) is 4.80. The minimum Gasteiger partial charge on any atom is -0.310 e. The maximum atomic E-state index is 4.04. The number of anilines is 6. The number of nitrogens with zero attached hydrogens (tertiary/aromatic N) is 4. The van der Waals surface area contributed by atoms with Crippen molar-refractivity contribution in [3.8, 4) is 89.4 Å². The van der Waals surface area contributed by atoms with Gasteiger partial charge in [-0.3, -0.25) is 0 Å². The number of hydrogen-bond donors (Lipinski definition) is 0. The largest absolute Gasteiger partial charge is 0.310 e. The highest BCUT2D eigenvalue weighted by atomic mass is 15.1. The van der Waals surface area contributed by atoms with E-state index in [1.165, 1.54) is 139 Å². The molecule has 4 heteroatoms. The molecule has 0 saturated carbocycles. The van der Waals surface area contributed by atoms with E-state index in [-0.39, 0.29) is 10.8 Å². The fourth-order valence-corrected chi connectivity index (χ4v) is 17.6. The Kier molecular flexibility index (Phi) is 17.2. The predicted molar refractivity (Wildman–Crippen MR) is 476 cm³/mol. The average molecular weight is 1440 g/mol. The maximum absolute atomic E-state index is 4.04. The molecule has 534 valence electrons. The van der Waals surface area contributed by atoms with Crippen molar-refractivity contribution >= 4 is 79.0 Å². The van der Waals surface area contributed by atoms with E-state index in [4.69, 9.17) is 0 Å². The minimum atomic E-state index is -0.144. The highest BCUT2D eigenvalue weighted by Crippen LogP contribution is 2.54. The number of para-hydroxylation sites is 3. The SMILES string of the molecule is C=Cc1ccc(-n2c(-c3ccccc3)c(-c3ccc(N(c4ccc(-c5ccccc5)cc4)c4ccc5c(c4)C(C)(C)c4ccccc4-5)cc3)c3ccccc32)cc1.C=Cc1ccc2c(c1)C(C)(C)c1cc(N(c3ccc(-c4ccccc4)cc3)c3ccc(-c4ccc5c(c4)c4ccccc4n5-c4ccccc4)cc3)ccc1-2. The van der Waals surface area contributed by atoms with E-state index in [0.29, 0.717) is 0 Å². The zero-order chi connectivity index (χ0) is 75.6. The summed E-state index contributed by atoms with van der Waals surface area (Å²) in [5, 5.41) is 3.72. The Morgan fingerprint density at radius 2 is 0.598 bits per heavy atom. The Hall–Kier alpha value is -14.1. The number of rotatable bonds is 15. The smallest absolute Gasteiger partial charge is 0.0619 e. The molecule has 0 amide bonds. The van der Waals surface area contributed by atoms with Gasteiger partial charge in [-0.25, -0.2) is 0 Å². The minimum absolute atomic E-state index is 0.108. The number of hydrogen-bond acceptors (Lipinski definition) is 2. The van der Waals surface area contributed by atoms with E-state index >= 15 is 0 Å². The molecule has 0 radical (unpaired) electrons. The van der Waals surface area contributed by atoms with E-state index in [2.05, 4.69) is 448 Å². The van der Waals surface area contributed by atoms with Crippen molar-refractivity contribution in [2.24, 2.45) is 0 Å². The molecule has 2 aromatic heterocycles. The predicted octanol–water partition coefficient (Wildman–Crippen LogP) is 29.6. The van der Waals surface area contributed by atoms with Crippen LogP contribution in [-0.2, 0) is 10.8 Å².